The maximum absolute atomic E-state index is 12.6. The summed E-state index contributed by atoms with van der Waals surface area (Å²) < 4.78 is 32.8. The highest BCUT2D eigenvalue weighted by Gasteiger charge is 2.26. The van der Waals surface area contributed by atoms with Crippen LogP contribution in [0.15, 0.2) is 60.8 Å². The zero-order valence-corrected chi connectivity index (χ0v) is 37.2. The smallest absolute Gasteiger partial charge is 0.462 e. The summed E-state index contributed by atoms with van der Waals surface area (Å²) in [6.07, 6.45) is 51.1. The van der Waals surface area contributed by atoms with Gasteiger partial charge in [0, 0.05) is 19.4 Å². The summed E-state index contributed by atoms with van der Waals surface area (Å²) >= 11 is 0. The monoisotopic (exact) mass is 822 g/mol. The van der Waals surface area contributed by atoms with Crippen LogP contribution >= 0.6 is 7.82 Å². The Morgan fingerprint density at radius 1 is 0.526 bits per heavy atom. The Kier molecular flexibility index (Phi) is 41.6. The van der Waals surface area contributed by atoms with E-state index in [1.807, 2.05) is 0 Å². The van der Waals surface area contributed by atoms with E-state index in [0.29, 0.717) is 12.8 Å². The van der Waals surface area contributed by atoms with Crippen LogP contribution in [0.2, 0.25) is 0 Å². The Bertz CT molecular complexity index is 1120. The molecule has 0 saturated carbocycles. The van der Waals surface area contributed by atoms with Crippen LogP contribution in [0.5, 0.6) is 0 Å². The highest BCUT2D eigenvalue weighted by molar-refractivity contribution is 7.47. The van der Waals surface area contributed by atoms with Gasteiger partial charge in [-0.3, -0.25) is 18.6 Å². The average Bonchev–Trinajstić information content (AvgIpc) is 3.20. The molecule has 0 aliphatic heterocycles. The van der Waals surface area contributed by atoms with Crippen LogP contribution in [0.1, 0.15) is 194 Å². The Morgan fingerprint density at radius 2 is 0.930 bits per heavy atom. The summed E-state index contributed by atoms with van der Waals surface area (Å²) in [6, 6.07) is 0. The van der Waals surface area contributed by atoms with E-state index < -0.39 is 32.5 Å². The van der Waals surface area contributed by atoms with Gasteiger partial charge in [0.2, 0.25) is 0 Å². The van der Waals surface area contributed by atoms with Crippen LogP contribution in [-0.2, 0) is 32.7 Å². The van der Waals surface area contributed by atoms with Gasteiger partial charge in [-0.1, -0.05) is 164 Å². The van der Waals surface area contributed by atoms with Crippen LogP contribution in [0.3, 0.4) is 0 Å². The molecule has 330 valence electrons. The van der Waals surface area contributed by atoms with Crippen molar-refractivity contribution in [2.75, 3.05) is 26.4 Å². The quantitative estimate of drug-likeness (QED) is 0.0267. The third kappa shape index (κ3) is 43.1. The molecule has 0 aromatic heterocycles. The molecule has 0 amide bonds. The summed E-state index contributed by atoms with van der Waals surface area (Å²) in [4.78, 5) is 34.9. The lowest BCUT2D eigenvalue weighted by atomic mass is 10.1. The van der Waals surface area contributed by atoms with Crippen LogP contribution in [-0.4, -0.2) is 49.3 Å². The van der Waals surface area contributed by atoms with Crippen molar-refractivity contribution in [2.24, 2.45) is 5.73 Å². The predicted molar refractivity (Wildman–Crippen MR) is 238 cm³/mol. The number of ether oxygens (including phenoxy) is 2. The van der Waals surface area contributed by atoms with Crippen molar-refractivity contribution in [3.8, 4) is 0 Å². The van der Waals surface area contributed by atoms with E-state index in [1.165, 1.54) is 96.3 Å². The van der Waals surface area contributed by atoms with Gasteiger partial charge in [-0.15, -0.1) is 0 Å². The van der Waals surface area contributed by atoms with Crippen molar-refractivity contribution in [2.45, 2.75) is 200 Å². The van der Waals surface area contributed by atoms with Crippen molar-refractivity contribution in [1.82, 2.24) is 0 Å². The van der Waals surface area contributed by atoms with Crippen molar-refractivity contribution < 1.29 is 37.6 Å². The molecular formula is C47H84NO8P. The third-order valence-electron chi connectivity index (χ3n) is 9.38. The molecule has 0 aliphatic rings. The van der Waals surface area contributed by atoms with E-state index in [-0.39, 0.29) is 32.6 Å². The summed E-state index contributed by atoms with van der Waals surface area (Å²) in [5.41, 5.74) is 5.35. The molecule has 0 saturated heterocycles. The molecular weight excluding hydrogens is 737 g/mol. The normalized spacial score (nSPS) is 13.8. The minimum atomic E-state index is -4.39. The van der Waals surface area contributed by atoms with E-state index in [1.54, 1.807) is 0 Å². The highest BCUT2D eigenvalue weighted by Crippen LogP contribution is 2.43. The van der Waals surface area contributed by atoms with Crippen LogP contribution in [0, 0.1) is 0 Å². The third-order valence-corrected chi connectivity index (χ3v) is 10.4. The number of hydrogen-bond donors (Lipinski definition) is 2. The fourth-order valence-corrected chi connectivity index (χ4v) is 6.74. The Labute approximate surface area is 349 Å². The number of rotatable bonds is 42. The molecule has 0 radical (unpaired) electrons. The number of nitrogens with two attached hydrogens (primary N) is 1. The highest BCUT2D eigenvalue weighted by atomic mass is 31.2. The van der Waals surface area contributed by atoms with E-state index in [4.69, 9.17) is 24.3 Å². The Balaban J connectivity index is 4.21. The zero-order valence-electron chi connectivity index (χ0n) is 36.3. The van der Waals surface area contributed by atoms with Gasteiger partial charge in [-0.25, -0.2) is 4.57 Å². The second-order valence-electron chi connectivity index (χ2n) is 14.9. The lowest BCUT2D eigenvalue weighted by Gasteiger charge is -2.19. The molecule has 0 fully saturated rings. The van der Waals surface area contributed by atoms with E-state index in [9.17, 15) is 19.0 Å². The average molecular weight is 822 g/mol. The summed E-state index contributed by atoms with van der Waals surface area (Å²) in [5, 5.41) is 0. The first-order chi connectivity index (χ1) is 27.8. The molecule has 0 aromatic rings. The second kappa shape index (κ2) is 43.3. The first-order valence-corrected chi connectivity index (χ1v) is 24.3. The number of carbonyl (C=O) groups excluding carboxylic acids is 2. The number of esters is 2. The van der Waals surface area contributed by atoms with Gasteiger partial charge in [0.05, 0.1) is 13.2 Å². The summed E-state index contributed by atoms with van der Waals surface area (Å²) in [6.45, 7) is 3.64. The first kappa shape index (κ1) is 54.7. The fraction of sp³-hybridized carbons (Fsp3) is 0.745. The standard InChI is InChI=1S/C47H84NO8P/c1-3-5-7-9-11-13-15-17-19-21-22-24-26-28-30-32-34-36-38-40-47(50)56-45(44-55-57(51,52)54-42-41-48)43-53-46(49)39-37-35-33-31-29-27-25-23-20-18-16-14-12-10-8-6-4-2/h11,13,17-20,25,27,31,33,45H,3-10,12,14-16,21-24,26,28-30,32,34-44,48H2,1-2H3,(H,51,52)/b13-11+,19-17+,20-18+,27-25+,33-31+/t45-/m1/s1. The van der Waals surface area contributed by atoms with Crippen molar-refractivity contribution >= 4 is 19.8 Å². The van der Waals surface area contributed by atoms with Gasteiger partial charge in [-0.05, 0) is 77.0 Å². The molecule has 0 bridgehead atoms. The van der Waals surface area contributed by atoms with Crippen LogP contribution in [0.4, 0.5) is 0 Å². The molecule has 10 heteroatoms. The Morgan fingerprint density at radius 3 is 1.44 bits per heavy atom. The molecule has 3 N–H and O–H groups in total. The fourth-order valence-electron chi connectivity index (χ4n) is 5.97. The molecule has 1 unspecified atom stereocenters. The van der Waals surface area contributed by atoms with E-state index >= 15 is 0 Å². The molecule has 0 spiro atoms. The predicted octanol–water partition coefficient (Wildman–Crippen LogP) is 13.3. The molecule has 9 nitrogen and oxygen atoms in total. The lowest BCUT2D eigenvalue weighted by molar-refractivity contribution is -0.161. The number of hydrogen-bond acceptors (Lipinski definition) is 8. The van der Waals surface area contributed by atoms with Gasteiger partial charge in [0.15, 0.2) is 6.10 Å². The van der Waals surface area contributed by atoms with Crippen LogP contribution in [0.25, 0.3) is 0 Å². The van der Waals surface area contributed by atoms with Crippen LogP contribution < -0.4 is 5.73 Å². The van der Waals surface area contributed by atoms with Gasteiger partial charge in [0.1, 0.15) is 6.61 Å². The van der Waals surface area contributed by atoms with Crippen molar-refractivity contribution in [1.29, 1.82) is 0 Å². The molecule has 2 atom stereocenters. The van der Waals surface area contributed by atoms with Crippen molar-refractivity contribution in [3.05, 3.63) is 60.8 Å². The van der Waals surface area contributed by atoms with Gasteiger partial charge >= 0.3 is 19.8 Å². The summed E-state index contributed by atoms with van der Waals surface area (Å²) in [7, 11) is -4.39. The first-order valence-electron chi connectivity index (χ1n) is 22.8. The maximum atomic E-state index is 12.6. The number of phosphoric acid groups is 1. The largest absolute Gasteiger partial charge is 0.472 e. The maximum Gasteiger partial charge on any atom is 0.472 e. The number of phosphoric ester groups is 1. The van der Waals surface area contributed by atoms with Gasteiger partial charge < -0.3 is 20.1 Å². The Hall–Kier alpha value is -2.29. The topological polar surface area (TPSA) is 134 Å². The molecule has 57 heavy (non-hydrogen) atoms. The van der Waals surface area contributed by atoms with E-state index in [0.717, 1.165) is 57.8 Å². The van der Waals surface area contributed by atoms with E-state index in [2.05, 4.69) is 74.6 Å². The molecule has 0 rings (SSSR count). The minimum Gasteiger partial charge on any atom is -0.462 e. The molecule has 0 heterocycles. The number of unbranched alkanes of at least 4 members (excludes halogenated alkanes) is 19. The SMILES string of the molecule is CCCCC/C=C/C/C=C/CCCCCCCCCCCC(=O)O[C@H](COC(=O)CCC/C=C/C/C=C/C/C=C/CCCCCCCC)COP(=O)(O)OCCN. The molecule has 0 aromatic carbocycles. The zero-order chi connectivity index (χ0) is 41.8. The van der Waals surface area contributed by atoms with Gasteiger partial charge in [0.25, 0.3) is 0 Å². The minimum absolute atomic E-state index is 0.0440. The molecule has 0 aliphatic carbocycles. The number of carbonyl (C=O) groups is 2. The van der Waals surface area contributed by atoms with Gasteiger partial charge in [-0.2, -0.15) is 0 Å². The lowest BCUT2D eigenvalue weighted by Crippen LogP contribution is -2.29. The van der Waals surface area contributed by atoms with Crippen molar-refractivity contribution in [3.63, 3.8) is 0 Å². The number of allylic oxidation sites excluding steroid dienone is 10. The summed E-state index contributed by atoms with van der Waals surface area (Å²) in [5.74, 6) is -0.896. The second-order valence-corrected chi connectivity index (χ2v) is 16.4.